The fourth-order valence-electron chi connectivity index (χ4n) is 1.22. The molecular weight excluding hydrogens is 212 g/mol. The minimum Gasteiger partial charge on any atom is -0.373 e. The van der Waals surface area contributed by atoms with Gasteiger partial charge in [-0.05, 0) is 33.2 Å². The van der Waals surface area contributed by atoms with Crippen molar-refractivity contribution in [1.82, 2.24) is 0 Å². The van der Waals surface area contributed by atoms with Crippen molar-refractivity contribution in [3.05, 3.63) is 0 Å². The van der Waals surface area contributed by atoms with E-state index in [0.29, 0.717) is 32.5 Å². The first kappa shape index (κ1) is 15.0. The average Bonchev–Trinajstić information content (AvgIpc) is 2.25. The van der Waals surface area contributed by atoms with Gasteiger partial charge in [-0.1, -0.05) is 0 Å². The van der Waals surface area contributed by atoms with Gasteiger partial charge < -0.3 is 24.7 Å². The van der Waals surface area contributed by atoms with Gasteiger partial charge >= 0.3 is 8.80 Å². The molecule has 0 aromatic heterocycles. The van der Waals surface area contributed by atoms with Crippen molar-refractivity contribution in [2.45, 2.75) is 26.7 Å². The minimum absolute atomic E-state index is 0.331. The molecule has 6 heteroatoms. The van der Waals surface area contributed by atoms with Crippen LogP contribution in [0.5, 0.6) is 0 Å². The fourth-order valence-corrected chi connectivity index (χ4v) is 3.15. The molecule has 0 spiro atoms. The Labute approximate surface area is 93.4 Å². The van der Waals surface area contributed by atoms with Gasteiger partial charge in [-0.3, -0.25) is 0 Å². The van der Waals surface area contributed by atoms with Crippen molar-refractivity contribution in [3.63, 3.8) is 0 Å². The highest BCUT2D eigenvalue weighted by molar-refractivity contribution is 6.60. The summed E-state index contributed by atoms with van der Waals surface area (Å²) in [6.45, 7) is 6.27. The molecule has 5 nitrogen and oxygen atoms in total. The molecule has 0 aliphatic carbocycles. The molecule has 0 radical (unpaired) electrons. The third-order valence-electron chi connectivity index (χ3n) is 1.90. The summed E-state index contributed by atoms with van der Waals surface area (Å²) in [7, 11) is -2.58. The Morgan fingerprint density at radius 3 is 1.93 bits per heavy atom. The van der Waals surface area contributed by atoms with Crippen molar-refractivity contribution >= 4 is 8.80 Å². The largest absolute Gasteiger partial charge is 0.515 e. The molecule has 0 aromatic carbocycles. The Kier molecular flexibility index (Phi) is 9.27. The molecule has 0 saturated heterocycles. The summed E-state index contributed by atoms with van der Waals surface area (Å²) in [6.07, 6.45) is 2.20. The standard InChI is InChI=1S/C9H24N2O3Si/c1-3-12-15(9-11,13-4-2)14-8-6-5-7-10/h3-11H2,1-2H3. The van der Waals surface area contributed by atoms with E-state index >= 15 is 0 Å². The molecule has 0 saturated carbocycles. The van der Waals surface area contributed by atoms with Gasteiger partial charge in [-0.25, -0.2) is 0 Å². The van der Waals surface area contributed by atoms with Gasteiger partial charge in [0.05, 0.1) is 6.17 Å². The van der Waals surface area contributed by atoms with E-state index in [-0.39, 0.29) is 0 Å². The smallest absolute Gasteiger partial charge is 0.373 e. The lowest BCUT2D eigenvalue weighted by Crippen LogP contribution is -2.53. The summed E-state index contributed by atoms with van der Waals surface area (Å²) in [6, 6.07) is 0. The third kappa shape index (κ3) is 6.24. The van der Waals surface area contributed by atoms with E-state index in [1.807, 2.05) is 13.8 Å². The normalized spacial score (nSPS) is 12.0. The van der Waals surface area contributed by atoms with Crippen LogP contribution in [0.2, 0.25) is 0 Å². The summed E-state index contributed by atoms with van der Waals surface area (Å²) < 4.78 is 16.8. The Hall–Kier alpha value is 0.0169. The van der Waals surface area contributed by atoms with Crippen LogP contribution in [0.25, 0.3) is 0 Å². The maximum Gasteiger partial charge on any atom is 0.515 e. The second kappa shape index (κ2) is 9.26. The second-order valence-electron chi connectivity index (χ2n) is 3.10. The minimum atomic E-state index is -2.58. The molecule has 0 rings (SSSR count). The van der Waals surface area contributed by atoms with Gasteiger partial charge in [0.1, 0.15) is 0 Å². The highest BCUT2D eigenvalue weighted by Gasteiger charge is 2.38. The lowest BCUT2D eigenvalue weighted by Gasteiger charge is -2.27. The van der Waals surface area contributed by atoms with E-state index in [1.54, 1.807) is 0 Å². The van der Waals surface area contributed by atoms with E-state index in [1.165, 1.54) is 0 Å². The highest BCUT2D eigenvalue weighted by atomic mass is 28.4. The molecule has 0 aliphatic rings. The Bertz CT molecular complexity index is 143. The van der Waals surface area contributed by atoms with Crippen LogP contribution in [0.3, 0.4) is 0 Å². The van der Waals surface area contributed by atoms with Crippen molar-refractivity contribution in [2.24, 2.45) is 11.5 Å². The van der Waals surface area contributed by atoms with E-state index in [0.717, 1.165) is 12.8 Å². The van der Waals surface area contributed by atoms with Crippen LogP contribution in [0.4, 0.5) is 0 Å². The van der Waals surface area contributed by atoms with Crippen LogP contribution in [-0.4, -0.2) is 41.3 Å². The molecule has 0 amide bonds. The lowest BCUT2D eigenvalue weighted by molar-refractivity contribution is 0.0673. The highest BCUT2D eigenvalue weighted by Crippen LogP contribution is 2.09. The maximum atomic E-state index is 5.68. The summed E-state index contributed by atoms with van der Waals surface area (Å²) >= 11 is 0. The van der Waals surface area contributed by atoms with Crippen LogP contribution in [0, 0.1) is 0 Å². The third-order valence-corrected chi connectivity index (χ3v) is 4.50. The quantitative estimate of drug-likeness (QED) is 0.420. The van der Waals surface area contributed by atoms with Gasteiger partial charge in [-0.2, -0.15) is 0 Å². The molecule has 0 aromatic rings. The van der Waals surface area contributed by atoms with Gasteiger partial charge in [0.2, 0.25) is 0 Å². The summed E-state index contributed by atoms with van der Waals surface area (Å²) in [4.78, 5) is 0. The number of hydrogen-bond acceptors (Lipinski definition) is 5. The SMILES string of the molecule is CCO[Si](CN)(OCC)OCCCCN. The molecule has 0 fully saturated rings. The predicted octanol–water partition coefficient (Wildman–Crippen LogP) is 0.252. The van der Waals surface area contributed by atoms with Gasteiger partial charge in [0, 0.05) is 19.8 Å². The van der Waals surface area contributed by atoms with E-state index < -0.39 is 8.80 Å². The molecule has 4 N–H and O–H groups in total. The molecule has 0 atom stereocenters. The van der Waals surface area contributed by atoms with E-state index in [9.17, 15) is 0 Å². The zero-order valence-corrected chi connectivity index (χ0v) is 10.8. The van der Waals surface area contributed by atoms with Crippen LogP contribution < -0.4 is 11.5 Å². The van der Waals surface area contributed by atoms with Crippen LogP contribution >= 0.6 is 0 Å². The number of nitrogens with two attached hydrogens (primary N) is 2. The first-order valence-corrected chi connectivity index (χ1v) is 7.49. The van der Waals surface area contributed by atoms with Crippen LogP contribution in [0.15, 0.2) is 0 Å². The summed E-state index contributed by atoms with van der Waals surface area (Å²) in [5.41, 5.74) is 11.1. The number of hydrogen-bond donors (Lipinski definition) is 2. The summed E-state index contributed by atoms with van der Waals surface area (Å²) in [5.74, 6) is 0. The van der Waals surface area contributed by atoms with Crippen molar-refractivity contribution in [1.29, 1.82) is 0 Å². The zero-order valence-electron chi connectivity index (χ0n) is 9.83. The summed E-state index contributed by atoms with van der Waals surface area (Å²) in [5, 5.41) is 0. The van der Waals surface area contributed by atoms with Crippen molar-refractivity contribution in [3.8, 4) is 0 Å². The Balaban J connectivity index is 3.96. The molecule has 0 bridgehead atoms. The molecule has 92 valence electrons. The van der Waals surface area contributed by atoms with E-state index in [4.69, 9.17) is 24.7 Å². The Morgan fingerprint density at radius 1 is 0.933 bits per heavy atom. The maximum absolute atomic E-state index is 5.68. The molecule has 0 unspecified atom stereocenters. The average molecular weight is 236 g/mol. The monoisotopic (exact) mass is 236 g/mol. The fraction of sp³-hybridized carbons (Fsp3) is 1.00. The molecular formula is C9H24N2O3Si. The first-order chi connectivity index (χ1) is 7.24. The molecule has 15 heavy (non-hydrogen) atoms. The molecule has 0 aliphatic heterocycles. The van der Waals surface area contributed by atoms with E-state index in [2.05, 4.69) is 0 Å². The van der Waals surface area contributed by atoms with Crippen LogP contribution in [-0.2, 0) is 13.3 Å². The number of unbranched alkanes of at least 4 members (excludes halogenated alkanes) is 1. The van der Waals surface area contributed by atoms with Crippen molar-refractivity contribution < 1.29 is 13.3 Å². The number of rotatable bonds is 10. The van der Waals surface area contributed by atoms with Crippen molar-refractivity contribution in [2.75, 3.05) is 32.5 Å². The second-order valence-corrected chi connectivity index (χ2v) is 5.74. The lowest BCUT2D eigenvalue weighted by atomic mass is 10.3. The predicted molar refractivity (Wildman–Crippen MR) is 62.3 cm³/mol. The van der Waals surface area contributed by atoms with Gasteiger partial charge in [0.15, 0.2) is 0 Å². The van der Waals surface area contributed by atoms with Gasteiger partial charge in [-0.15, -0.1) is 0 Å². The van der Waals surface area contributed by atoms with Gasteiger partial charge in [0.25, 0.3) is 0 Å². The Morgan fingerprint density at radius 2 is 1.53 bits per heavy atom. The molecule has 0 heterocycles. The van der Waals surface area contributed by atoms with Crippen LogP contribution in [0.1, 0.15) is 26.7 Å². The first-order valence-electron chi connectivity index (χ1n) is 5.56. The zero-order chi connectivity index (χ0) is 11.6. The topological polar surface area (TPSA) is 79.7 Å².